The van der Waals surface area contributed by atoms with E-state index in [1.807, 2.05) is 66.9 Å². The SMILES string of the molecule is COc1ccc([C@H]2N=c3ccccc3=C3C(=O)NC(SC)=NN32)c2ccccc12. The second-order valence-corrected chi connectivity index (χ2v) is 7.47. The number of para-hydroxylation sites is 1. The molecular weight excluding hydrogens is 384 g/mol. The lowest BCUT2D eigenvalue weighted by Gasteiger charge is -2.34. The highest BCUT2D eigenvalue weighted by atomic mass is 32.2. The third kappa shape index (κ3) is 2.77. The lowest BCUT2D eigenvalue weighted by atomic mass is 10.00. The van der Waals surface area contributed by atoms with E-state index < -0.39 is 6.17 Å². The summed E-state index contributed by atoms with van der Waals surface area (Å²) in [5, 5.41) is 13.4. The summed E-state index contributed by atoms with van der Waals surface area (Å²) in [6.07, 6.45) is 1.43. The van der Waals surface area contributed by atoms with Gasteiger partial charge in [-0.05, 0) is 23.8 Å². The first-order valence-electron chi connectivity index (χ1n) is 9.17. The first kappa shape index (κ1) is 17.8. The van der Waals surface area contributed by atoms with E-state index in [9.17, 15) is 4.79 Å². The van der Waals surface area contributed by atoms with Crippen LogP contribution in [0, 0.1) is 0 Å². The van der Waals surface area contributed by atoms with Crippen molar-refractivity contribution in [2.75, 3.05) is 13.4 Å². The molecular formula is C22H18N4O2S. The molecule has 0 saturated heterocycles. The van der Waals surface area contributed by atoms with Gasteiger partial charge < -0.3 is 4.74 Å². The van der Waals surface area contributed by atoms with Crippen LogP contribution < -0.4 is 20.6 Å². The minimum atomic E-state index is -0.455. The first-order valence-corrected chi connectivity index (χ1v) is 10.4. The summed E-state index contributed by atoms with van der Waals surface area (Å²) in [5.74, 6) is 0.629. The van der Waals surface area contributed by atoms with Crippen molar-refractivity contribution in [3.63, 3.8) is 0 Å². The van der Waals surface area contributed by atoms with Crippen LogP contribution in [0.15, 0.2) is 70.8 Å². The van der Waals surface area contributed by atoms with Crippen molar-refractivity contribution < 1.29 is 9.53 Å². The predicted octanol–water partition coefficient (Wildman–Crippen LogP) is 2.35. The summed E-state index contributed by atoms with van der Waals surface area (Å²) in [6.45, 7) is 0. The van der Waals surface area contributed by atoms with Crippen LogP contribution in [-0.4, -0.2) is 29.4 Å². The zero-order valence-electron chi connectivity index (χ0n) is 15.9. The van der Waals surface area contributed by atoms with Crippen molar-refractivity contribution in [3.8, 4) is 5.75 Å². The summed E-state index contributed by atoms with van der Waals surface area (Å²) < 4.78 is 5.54. The van der Waals surface area contributed by atoms with Gasteiger partial charge in [-0.25, -0.2) is 5.01 Å². The van der Waals surface area contributed by atoms with E-state index in [0.29, 0.717) is 10.9 Å². The fourth-order valence-corrected chi connectivity index (χ4v) is 4.18. The fourth-order valence-electron chi connectivity index (χ4n) is 3.82. The number of hydrogen-bond donors (Lipinski definition) is 1. The molecule has 3 aromatic carbocycles. The Balaban J connectivity index is 1.82. The number of amides is 1. The second-order valence-electron chi connectivity index (χ2n) is 6.68. The van der Waals surface area contributed by atoms with Gasteiger partial charge in [-0.15, -0.1) is 5.10 Å². The fraction of sp³-hybridized carbons (Fsp3) is 0.136. The average molecular weight is 402 g/mol. The van der Waals surface area contributed by atoms with Crippen LogP contribution in [0.1, 0.15) is 11.7 Å². The molecule has 7 heteroatoms. The van der Waals surface area contributed by atoms with Crippen LogP contribution in [0.4, 0.5) is 0 Å². The lowest BCUT2D eigenvalue weighted by Crippen LogP contribution is -2.50. The van der Waals surface area contributed by atoms with Crippen molar-refractivity contribution in [2.24, 2.45) is 10.1 Å². The van der Waals surface area contributed by atoms with Gasteiger partial charge in [0, 0.05) is 16.2 Å². The molecule has 0 unspecified atom stereocenters. The zero-order valence-corrected chi connectivity index (χ0v) is 16.7. The number of fused-ring (bicyclic) bond motifs is 3. The molecule has 1 N–H and O–H groups in total. The maximum Gasteiger partial charge on any atom is 0.276 e. The number of hydrazone groups is 1. The van der Waals surface area contributed by atoms with Gasteiger partial charge in [0.2, 0.25) is 0 Å². The van der Waals surface area contributed by atoms with Gasteiger partial charge in [0.15, 0.2) is 11.3 Å². The van der Waals surface area contributed by atoms with Crippen LogP contribution in [0.25, 0.3) is 16.5 Å². The number of hydrogen-bond acceptors (Lipinski definition) is 6. The van der Waals surface area contributed by atoms with Crippen molar-refractivity contribution >= 4 is 39.3 Å². The van der Waals surface area contributed by atoms with E-state index in [4.69, 9.17) is 14.8 Å². The van der Waals surface area contributed by atoms with E-state index in [0.717, 1.165) is 32.7 Å². The Kier molecular flexibility index (Phi) is 4.24. The van der Waals surface area contributed by atoms with E-state index in [2.05, 4.69) is 5.32 Å². The molecule has 0 aliphatic carbocycles. The lowest BCUT2D eigenvalue weighted by molar-refractivity contribution is -0.116. The number of thioether (sulfide) groups is 1. The molecule has 2 aliphatic heterocycles. The van der Waals surface area contributed by atoms with E-state index in [-0.39, 0.29) is 5.91 Å². The van der Waals surface area contributed by atoms with Crippen molar-refractivity contribution in [1.82, 2.24) is 10.3 Å². The third-order valence-corrected chi connectivity index (χ3v) is 5.70. The monoisotopic (exact) mass is 402 g/mol. The topological polar surface area (TPSA) is 66.3 Å². The van der Waals surface area contributed by atoms with Crippen LogP contribution >= 0.6 is 11.8 Å². The second kappa shape index (κ2) is 6.93. The Hall–Kier alpha value is -3.32. The van der Waals surface area contributed by atoms with E-state index in [1.54, 1.807) is 12.1 Å². The Morgan fingerprint density at radius 2 is 1.79 bits per heavy atom. The number of benzene rings is 3. The highest BCUT2D eigenvalue weighted by Crippen LogP contribution is 2.37. The average Bonchev–Trinajstić information content (AvgIpc) is 2.77. The predicted molar refractivity (Wildman–Crippen MR) is 115 cm³/mol. The van der Waals surface area contributed by atoms with Crippen LogP contribution in [0.3, 0.4) is 0 Å². The summed E-state index contributed by atoms with van der Waals surface area (Å²) in [6, 6.07) is 19.7. The number of rotatable bonds is 2. The molecule has 0 saturated carbocycles. The summed E-state index contributed by atoms with van der Waals surface area (Å²) in [7, 11) is 1.67. The maximum absolute atomic E-state index is 13.0. The summed E-state index contributed by atoms with van der Waals surface area (Å²) in [4.78, 5) is 17.9. The summed E-state index contributed by atoms with van der Waals surface area (Å²) >= 11 is 1.39. The van der Waals surface area contributed by atoms with Gasteiger partial charge >= 0.3 is 0 Å². The Bertz CT molecular complexity index is 1300. The number of carbonyl (C=O) groups is 1. The first-order chi connectivity index (χ1) is 14.2. The number of nitrogens with one attached hydrogen (secondary N) is 1. The van der Waals surface area contributed by atoms with Crippen LogP contribution in [-0.2, 0) is 4.79 Å². The number of methoxy groups -OCH3 is 1. The number of nitrogens with zero attached hydrogens (tertiary/aromatic N) is 3. The molecule has 1 atom stereocenters. The van der Waals surface area contributed by atoms with Crippen LogP contribution in [0.5, 0.6) is 5.75 Å². The van der Waals surface area contributed by atoms with Gasteiger partial charge in [-0.3, -0.25) is 15.1 Å². The van der Waals surface area contributed by atoms with Crippen LogP contribution in [0.2, 0.25) is 0 Å². The maximum atomic E-state index is 13.0. The third-order valence-electron chi connectivity index (χ3n) is 5.12. The normalized spacial score (nSPS) is 17.8. The minimum absolute atomic E-state index is 0.172. The number of ether oxygens (including phenoxy) is 1. The Labute approximate surface area is 171 Å². The molecule has 0 bridgehead atoms. The standard InChI is InChI=1S/C22H18N4O2S/c1-28-18-12-11-15(13-7-3-4-8-14(13)18)20-23-17-10-6-5-9-16(17)19-21(27)24-22(29-2)25-26(19)20/h3-12,20H,1-2H3,(H,24,25,27)/t20-/m0/s1. The van der Waals surface area contributed by atoms with Crippen molar-refractivity contribution in [2.45, 2.75) is 6.17 Å². The molecule has 0 radical (unpaired) electrons. The largest absolute Gasteiger partial charge is 0.496 e. The minimum Gasteiger partial charge on any atom is -0.496 e. The van der Waals surface area contributed by atoms with Crippen molar-refractivity contribution in [3.05, 3.63) is 76.8 Å². The molecule has 2 heterocycles. The molecule has 0 aromatic heterocycles. The number of amidine groups is 1. The number of carbonyl (C=O) groups excluding carboxylic acids is 1. The van der Waals surface area contributed by atoms with E-state index >= 15 is 0 Å². The molecule has 6 nitrogen and oxygen atoms in total. The quantitative estimate of drug-likeness (QED) is 0.715. The molecule has 29 heavy (non-hydrogen) atoms. The smallest absolute Gasteiger partial charge is 0.276 e. The molecule has 5 rings (SSSR count). The van der Waals surface area contributed by atoms with E-state index in [1.165, 1.54) is 11.8 Å². The highest BCUT2D eigenvalue weighted by molar-refractivity contribution is 8.13. The highest BCUT2D eigenvalue weighted by Gasteiger charge is 2.34. The van der Waals surface area contributed by atoms with Gasteiger partial charge in [0.05, 0.1) is 12.5 Å². The molecule has 2 aliphatic rings. The zero-order chi connectivity index (χ0) is 20.0. The molecule has 0 fully saturated rings. The summed E-state index contributed by atoms with van der Waals surface area (Å²) in [5.41, 5.74) is 1.48. The van der Waals surface area contributed by atoms with Gasteiger partial charge in [-0.2, -0.15) is 0 Å². The molecule has 1 amide bonds. The Morgan fingerprint density at radius 3 is 2.59 bits per heavy atom. The Morgan fingerprint density at radius 1 is 1.03 bits per heavy atom. The van der Waals surface area contributed by atoms with Gasteiger partial charge in [-0.1, -0.05) is 60.3 Å². The molecule has 144 valence electrons. The van der Waals surface area contributed by atoms with Gasteiger partial charge in [0.25, 0.3) is 5.91 Å². The molecule has 3 aromatic rings. The molecule has 0 spiro atoms. The van der Waals surface area contributed by atoms with Crippen molar-refractivity contribution in [1.29, 1.82) is 0 Å². The van der Waals surface area contributed by atoms with Gasteiger partial charge in [0.1, 0.15) is 11.4 Å².